The Morgan fingerprint density at radius 2 is 1.59 bits per heavy atom. The third-order valence-electron chi connectivity index (χ3n) is 5.42. The van der Waals surface area contributed by atoms with Crippen LogP contribution < -0.4 is 15.1 Å². The lowest BCUT2D eigenvalue weighted by Crippen LogP contribution is -2.54. The second-order valence-corrected chi connectivity index (χ2v) is 7.02. The van der Waals surface area contributed by atoms with Crippen LogP contribution in [0.1, 0.15) is 17.3 Å². The molecule has 0 bridgehead atoms. The molecule has 1 saturated heterocycles. The first-order chi connectivity index (χ1) is 12.7. The van der Waals surface area contributed by atoms with Gasteiger partial charge in [-0.25, -0.2) is 0 Å². The van der Waals surface area contributed by atoms with Gasteiger partial charge in [0.15, 0.2) is 0 Å². The molecule has 0 spiro atoms. The van der Waals surface area contributed by atoms with E-state index >= 15 is 0 Å². The molecule has 2 heterocycles. The summed E-state index contributed by atoms with van der Waals surface area (Å²) in [6.45, 7) is 8.26. The second-order valence-electron chi connectivity index (χ2n) is 7.02. The monoisotopic (exact) mass is 386 g/mol. The highest BCUT2D eigenvalue weighted by Gasteiger charge is 2.28. The fourth-order valence-corrected chi connectivity index (χ4v) is 3.90. The van der Waals surface area contributed by atoms with Gasteiger partial charge in [0.1, 0.15) is 0 Å². The highest BCUT2D eigenvalue weighted by atomic mass is 35.5. The molecule has 5 nitrogen and oxygen atoms in total. The molecule has 1 atom stereocenters. The van der Waals surface area contributed by atoms with Crippen molar-refractivity contribution in [2.45, 2.75) is 13.1 Å². The van der Waals surface area contributed by atoms with Crippen LogP contribution in [-0.2, 0) is 0 Å². The van der Waals surface area contributed by atoms with E-state index in [4.69, 9.17) is 0 Å². The van der Waals surface area contributed by atoms with E-state index in [0.29, 0.717) is 0 Å². The number of para-hydroxylation sites is 2. The molecular weight excluding hydrogens is 360 g/mol. The van der Waals surface area contributed by atoms with Gasteiger partial charge in [-0.2, -0.15) is 0 Å². The second kappa shape index (κ2) is 8.63. The minimum atomic E-state index is 0. The van der Waals surface area contributed by atoms with Crippen LogP contribution in [0.4, 0.5) is 11.4 Å². The lowest BCUT2D eigenvalue weighted by Gasteiger charge is -2.40. The van der Waals surface area contributed by atoms with Crippen LogP contribution in [0.25, 0.3) is 0 Å². The van der Waals surface area contributed by atoms with E-state index < -0.39 is 0 Å². The van der Waals surface area contributed by atoms with Crippen molar-refractivity contribution >= 4 is 29.7 Å². The zero-order chi connectivity index (χ0) is 17.9. The standard InChI is InChI=1S/C21H26N4O.ClH/c1-17-22-21(26)19-9-5-6-10-20(19)25(17)16-13-23-11-14-24(15-12-23)18-7-3-2-4-8-18;/h2-10,17H,11-16H2,1H3,(H,22,26);1H. The topological polar surface area (TPSA) is 38.8 Å². The summed E-state index contributed by atoms with van der Waals surface area (Å²) in [5, 5.41) is 3.06. The summed E-state index contributed by atoms with van der Waals surface area (Å²) in [4.78, 5) is 19.4. The maximum Gasteiger partial charge on any atom is 0.254 e. The molecule has 0 radical (unpaired) electrons. The lowest BCUT2D eigenvalue weighted by molar-refractivity contribution is 0.0930. The maximum absolute atomic E-state index is 12.2. The number of piperazine rings is 1. The zero-order valence-corrected chi connectivity index (χ0v) is 16.5. The average Bonchev–Trinajstić information content (AvgIpc) is 2.69. The molecule has 1 N–H and O–H groups in total. The average molecular weight is 387 g/mol. The van der Waals surface area contributed by atoms with Gasteiger partial charge in [-0.15, -0.1) is 12.4 Å². The van der Waals surface area contributed by atoms with Crippen molar-refractivity contribution in [3.05, 3.63) is 60.2 Å². The van der Waals surface area contributed by atoms with E-state index in [2.05, 4.69) is 63.3 Å². The number of amides is 1. The van der Waals surface area contributed by atoms with E-state index in [1.807, 2.05) is 18.2 Å². The van der Waals surface area contributed by atoms with Gasteiger partial charge >= 0.3 is 0 Å². The molecule has 1 fully saturated rings. The van der Waals surface area contributed by atoms with Gasteiger partial charge in [0.25, 0.3) is 5.91 Å². The number of hydrogen-bond donors (Lipinski definition) is 1. The number of fused-ring (bicyclic) bond motifs is 1. The van der Waals surface area contributed by atoms with Crippen LogP contribution in [-0.4, -0.2) is 56.2 Å². The third kappa shape index (κ3) is 4.20. The van der Waals surface area contributed by atoms with E-state index in [9.17, 15) is 4.79 Å². The largest absolute Gasteiger partial charge is 0.369 e. The number of nitrogens with zero attached hydrogens (tertiary/aromatic N) is 3. The number of carbonyl (C=O) groups is 1. The predicted molar refractivity (Wildman–Crippen MR) is 113 cm³/mol. The molecule has 2 aliphatic heterocycles. The quantitative estimate of drug-likeness (QED) is 0.877. The molecule has 27 heavy (non-hydrogen) atoms. The number of halogens is 1. The molecule has 1 unspecified atom stereocenters. The number of anilines is 2. The summed E-state index contributed by atoms with van der Waals surface area (Å²) >= 11 is 0. The van der Waals surface area contributed by atoms with Gasteiger partial charge in [-0.1, -0.05) is 30.3 Å². The Hall–Kier alpha value is -2.24. The Morgan fingerprint density at radius 1 is 0.926 bits per heavy atom. The first-order valence-corrected chi connectivity index (χ1v) is 9.41. The summed E-state index contributed by atoms with van der Waals surface area (Å²) in [5.41, 5.74) is 3.14. The fourth-order valence-electron chi connectivity index (χ4n) is 3.90. The van der Waals surface area contributed by atoms with Crippen LogP contribution in [0.15, 0.2) is 54.6 Å². The zero-order valence-electron chi connectivity index (χ0n) is 15.7. The Balaban J connectivity index is 0.00000210. The molecule has 4 rings (SSSR count). The number of benzene rings is 2. The minimum absolute atomic E-state index is 0. The summed E-state index contributed by atoms with van der Waals surface area (Å²) in [5.74, 6) is 0.0285. The van der Waals surface area contributed by atoms with Gasteiger partial charge in [0, 0.05) is 45.0 Å². The highest BCUT2D eigenvalue weighted by Crippen LogP contribution is 2.25. The van der Waals surface area contributed by atoms with Crippen molar-refractivity contribution in [1.82, 2.24) is 10.2 Å². The molecule has 0 aliphatic carbocycles. The van der Waals surface area contributed by atoms with Crippen molar-refractivity contribution in [1.29, 1.82) is 0 Å². The Kier molecular flexibility index (Phi) is 6.24. The molecule has 6 heteroatoms. The van der Waals surface area contributed by atoms with Crippen molar-refractivity contribution in [3.8, 4) is 0 Å². The minimum Gasteiger partial charge on any atom is -0.369 e. The van der Waals surface area contributed by atoms with E-state index in [1.54, 1.807) is 0 Å². The summed E-state index contributed by atoms with van der Waals surface area (Å²) in [7, 11) is 0. The van der Waals surface area contributed by atoms with Crippen LogP contribution in [0.5, 0.6) is 0 Å². The SMILES string of the molecule is CC1NC(=O)c2ccccc2N1CCN1CCN(c2ccccc2)CC1.Cl. The van der Waals surface area contributed by atoms with Crippen molar-refractivity contribution in [3.63, 3.8) is 0 Å². The number of hydrogen-bond acceptors (Lipinski definition) is 4. The maximum atomic E-state index is 12.2. The van der Waals surface area contributed by atoms with Crippen molar-refractivity contribution in [2.75, 3.05) is 49.1 Å². The van der Waals surface area contributed by atoms with Crippen molar-refractivity contribution in [2.24, 2.45) is 0 Å². The first kappa shape index (κ1) is 19.5. The summed E-state index contributed by atoms with van der Waals surface area (Å²) in [6, 6.07) is 18.5. The van der Waals surface area contributed by atoms with Crippen LogP contribution in [0.2, 0.25) is 0 Å². The first-order valence-electron chi connectivity index (χ1n) is 9.41. The van der Waals surface area contributed by atoms with Gasteiger partial charge in [0.05, 0.1) is 17.4 Å². The Morgan fingerprint density at radius 3 is 2.33 bits per heavy atom. The third-order valence-corrected chi connectivity index (χ3v) is 5.42. The molecule has 2 aliphatic rings. The smallest absolute Gasteiger partial charge is 0.254 e. The lowest BCUT2D eigenvalue weighted by atomic mass is 10.1. The molecule has 2 aromatic carbocycles. The van der Waals surface area contributed by atoms with Gasteiger partial charge < -0.3 is 15.1 Å². The number of rotatable bonds is 4. The molecule has 1 amide bonds. The summed E-state index contributed by atoms with van der Waals surface area (Å²) in [6.07, 6.45) is 0.0306. The van der Waals surface area contributed by atoms with Gasteiger partial charge in [-0.05, 0) is 31.2 Å². The number of nitrogens with one attached hydrogen (secondary N) is 1. The number of carbonyl (C=O) groups excluding carboxylic acids is 1. The fraction of sp³-hybridized carbons (Fsp3) is 0.381. The van der Waals surface area contributed by atoms with Crippen molar-refractivity contribution < 1.29 is 4.79 Å². The molecular formula is C21H27ClN4O. The van der Waals surface area contributed by atoms with Gasteiger partial charge in [0.2, 0.25) is 0 Å². The molecule has 2 aromatic rings. The van der Waals surface area contributed by atoms with Crippen LogP contribution >= 0.6 is 12.4 Å². The van der Waals surface area contributed by atoms with E-state index in [1.165, 1.54) is 5.69 Å². The Bertz CT molecular complexity index is 762. The normalized spacial score (nSPS) is 19.9. The summed E-state index contributed by atoms with van der Waals surface area (Å²) < 4.78 is 0. The van der Waals surface area contributed by atoms with Crippen LogP contribution in [0.3, 0.4) is 0 Å². The molecule has 0 aromatic heterocycles. The van der Waals surface area contributed by atoms with Crippen LogP contribution in [0, 0.1) is 0 Å². The Labute approximate surface area is 167 Å². The molecule has 0 saturated carbocycles. The van der Waals surface area contributed by atoms with E-state index in [0.717, 1.165) is 50.5 Å². The predicted octanol–water partition coefficient (Wildman–Crippen LogP) is 2.83. The highest BCUT2D eigenvalue weighted by molar-refractivity contribution is 6.01. The van der Waals surface area contributed by atoms with Gasteiger partial charge in [-0.3, -0.25) is 9.69 Å². The van der Waals surface area contributed by atoms with E-state index in [-0.39, 0.29) is 24.5 Å². The molecule has 144 valence electrons.